The van der Waals surface area contributed by atoms with Crippen LogP contribution in [0.4, 0.5) is 0 Å². The second-order valence-electron chi connectivity index (χ2n) is 8.81. The molecular weight excluding hydrogens is 404 g/mol. The first-order valence-corrected chi connectivity index (χ1v) is 10.8. The Morgan fingerprint density at radius 2 is 0.839 bits per heavy atom. The van der Waals surface area contributed by atoms with Crippen molar-refractivity contribution in [2.24, 2.45) is 17.8 Å². The van der Waals surface area contributed by atoms with Gasteiger partial charge in [0.05, 0.1) is 0 Å². The van der Waals surface area contributed by atoms with E-state index in [4.69, 9.17) is 0 Å². The summed E-state index contributed by atoms with van der Waals surface area (Å²) in [5, 5.41) is 0. The van der Waals surface area contributed by atoms with Crippen LogP contribution in [-0.2, 0) is 28.8 Å². The van der Waals surface area contributed by atoms with Gasteiger partial charge in [-0.1, -0.05) is 20.8 Å². The lowest BCUT2D eigenvalue weighted by Gasteiger charge is -2.28. The Labute approximate surface area is 181 Å². The van der Waals surface area contributed by atoms with E-state index in [9.17, 15) is 28.8 Å². The third-order valence-corrected chi connectivity index (χ3v) is 6.33. The molecule has 10 nitrogen and oxygen atoms in total. The highest BCUT2D eigenvalue weighted by Crippen LogP contribution is 2.21. The van der Waals surface area contributed by atoms with Gasteiger partial charge in [-0.05, 0) is 0 Å². The molecule has 0 radical (unpaired) electrons. The van der Waals surface area contributed by atoms with Crippen LogP contribution in [0.25, 0.3) is 0 Å². The summed E-state index contributed by atoms with van der Waals surface area (Å²) in [6.45, 7) is 6.74. The van der Waals surface area contributed by atoms with Crippen LogP contribution < -0.4 is 0 Å². The maximum atomic E-state index is 12.2. The molecule has 0 aromatic heterocycles. The Morgan fingerprint density at radius 1 is 0.581 bits per heavy atom. The molecule has 0 N–H and O–H groups in total. The molecule has 170 valence electrons. The van der Waals surface area contributed by atoms with Gasteiger partial charge in [0, 0.05) is 76.3 Å². The third-order valence-electron chi connectivity index (χ3n) is 6.33. The molecule has 0 spiro atoms. The van der Waals surface area contributed by atoms with Crippen molar-refractivity contribution in [3.05, 3.63) is 0 Å². The maximum Gasteiger partial charge on any atom is 0.232 e. The molecule has 10 heteroatoms. The first-order valence-electron chi connectivity index (χ1n) is 10.8. The zero-order chi connectivity index (χ0) is 22.9. The first-order chi connectivity index (χ1) is 14.6. The molecule has 6 amide bonds. The van der Waals surface area contributed by atoms with Crippen LogP contribution in [0, 0.1) is 17.8 Å². The van der Waals surface area contributed by atoms with Gasteiger partial charge in [0.25, 0.3) is 0 Å². The zero-order valence-corrected chi connectivity index (χ0v) is 18.3. The van der Waals surface area contributed by atoms with E-state index in [-0.39, 0.29) is 92.1 Å². The molecule has 3 fully saturated rings. The van der Waals surface area contributed by atoms with Crippen molar-refractivity contribution in [2.75, 3.05) is 39.3 Å². The lowest BCUT2D eigenvalue weighted by Crippen LogP contribution is -2.46. The number of rotatable bonds is 9. The SMILES string of the molecule is CC1CC(=O)N(CCN(CCN2C(=O)CC(C)C2=O)CCN2C(=O)CC(C)C2=O)C1=O. The molecule has 3 atom stereocenters. The number of nitrogens with zero attached hydrogens (tertiary/aromatic N) is 4. The van der Waals surface area contributed by atoms with Gasteiger partial charge in [-0.25, -0.2) is 0 Å². The smallest absolute Gasteiger partial charge is 0.232 e. The van der Waals surface area contributed by atoms with E-state index in [1.807, 2.05) is 4.90 Å². The van der Waals surface area contributed by atoms with Crippen LogP contribution in [0.5, 0.6) is 0 Å². The van der Waals surface area contributed by atoms with E-state index in [0.717, 1.165) is 0 Å². The highest BCUT2D eigenvalue weighted by atomic mass is 16.2. The lowest BCUT2D eigenvalue weighted by molar-refractivity contribution is -0.140. The second kappa shape index (κ2) is 9.25. The van der Waals surface area contributed by atoms with E-state index in [1.165, 1.54) is 14.7 Å². The number of imide groups is 3. The number of amides is 6. The summed E-state index contributed by atoms with van der Waals surface area (Å²) in [4.78, 5) is 78.4. The fourth-order valence-electron chi connectivity index (χ4n) is 4.31. The average molecular weight is 434 g/mol. The van der Waals surface area contributed by atoms with Crippen LogP contribution >= 0.6 is 0 Å². The molecule has 0 aromatic carbocycles. The predicted octanol–water partition coefficient (Wildman–Crippen LogP) is -0.527. The highest BCUT2D eigenvalue weighted by molar-refractivity contribution is 6.04. The minimum Gasteiger partial charge on any atom is -0.298 e. The predicted molar refractivity (Wildman–Crippen MR) is 108 cm³/mol. The summed E-state index contributed by atoms with van der Waals surface area (Å²) < 4.78 is 0. The minimum absolute atomic E-state index is 0.193. The van der Waals surface area contributed by atoms with Crippen LogP contribution in [0.1, 0.15) is 40.0 Å². The quantitative estimate of drug-likeness (QED) is 0.448. The van der Waals surface area contributed by atoms with Crippen molar-refractivity contribution in [1.82, 2.24) is 19.6 Å². The minimum atomic E-state index is -0.330. The molecule has 3 aliphatic heterocycles. The standard InChI is InChI=1S/C21H30N4O6/c1-13-10-16(26)23(19(13)29)7-4-22(5-8-24-17(27)11-14(2)20(24)30)6-9-25-18(28)12-15(3)21(25)31/h13-15H,4-12H2,1-3H3. The molecular formula is C21H30N4O6. The molecule has 0 aliphatic carbocycles. The van der Waals surface area contributed by atoms with Gasteiger partial charge < -0.3 is 0 Å². The molecule has 0 bridgehead atoms. The van der Waals surface area contributed by atoms with Crippen LogP contribution in [0.15, 0.2) is 0 Å². The van der Waals surface area contributed by atoms with Gasteiger partial charge in [0.1, 0.15) is 0 Å². The number of hydrogen-bond acceptors (Lipinski definition) is 7. The first kappa shape index (κ1) is 23.1. The van der Waals surface area contributed by atoms with Crippen molar-refractivity contribution in [3.8, 4) is 0 Å². The number of likely N-dealkylation sites (tertiary alicyclic amines) is 3. The topological polar surface area (TPSA) is 115 Å². The Bertz CT molecular complexity index is 707. The molecule has 0 saturated carbocycles. The summed E-state index contributed by atoms with van der Waals surface area (Å²) in [6.07, 6.45) is 0.590. The zero-order valence-electron chi connectivity index (χ0n) is 18.3. The van der Waals surface area contributed by atoms with Gasteiger partial charge in [-0.2, -0.15) is 0 Å². The van der Waals surface area contributed by atoms with Gasteiger partial charge in [0.15, 0.2) is 0 Å². The third kappa shape index (κ3) is 4.84. The second-order valence-corrected chi connectivity index (χ2v) is 8.81. The summed E-state index contributed by atoms with van der Waals surface area (Å²) in [5.74, 6) is -2.25. The Morgan fingerprint density at radius 3 is 1.03 bits per heavy atom. The van der Waals surface area contributed by atoms with Crippen molar-refractivity contribution >= 4 is 35.4 Å². The maximum absolute atomic E-state index is 12.2. The fourth-order valence-corrected chi connectivity index (χ4v) is 4.31. The van der Waals surface area contributed by atoms with Gasteiger partial charge in [-0.3, -0.25) is 48.4 Å². The normalized spacial score (nSPS) is 27.1. The van der Waals surface area contributed by atoms with Gasteiger partial charge in [0.2, 0.25) is 35.4 Å². The highest BCUT2D eigenvalue weighted by Gasteiger charge is 2.38. The molecule has 3 aliphatic rings. The van der Waals surface area contributed by atoms with Crippen molar-refractivity contribution in [3.63, 3.8) is 0 Å². The van der Waals surface area contributed by atoms with E-state index in [2.05, 4.69) is 0 Å². The van der Waals surface area contributed by atoms with E-state index in [0.29, 0.717) is 19.6 Å². The van der Waals surface area contributed by atoms with Crippen LogP contribution in [-0.4, -0.2) is 94.3 Å². The van der Waals surface area contributed by atoms with Crippen LogP contribution in [0.3, 0.4) is 0 Å². The summed E-state index contributed by atoms with van der Waals surface area (Å²) in [7, 11) is 0. The Balaban J connectivity index is 1.62. The fraction of sp³-hybridized carbons (Fsp3) is 0.714. The molecule has 0 aromatic rings. The van der Waals surface area contributed by atoms with Gasteiger partial charge in [-0.15, -0.1) is 0 Å². The van der Waals surface area contributed by atoms with Crippen molar-refractivity contribution in [1.29, 1.82) is 0 Å². The number of carbonyl (C=O) groups is 6. The van der Waals surface area contributed by atoms with Gasteiger partial charge >= 0.3 is 0 Å². The largest absolute Gasteiger partial charge is 0.298 e. The monoisotopic (exact) mass is 434 g/mol. The molecule has 3 unspecified atom stereocenters. The molecule has 31 heavy (non-hydrogen) atoms. The lowest BCUT2D eigenvalue weighted by atomic mass is 10.1. The summed E-state index contributed by atoms with van der Waals surface area (Å²) >= 11 is 0. The molecule has 3 rings (SSSR count). The van der Waals surface area contributed by atoms with Crippen molar-refractivity contribution < 1.29 is 28.8 Å². The Kier molecular flexibility index (Phi) is 6.88. The van der Waals surface area contributed by atoms with Crippen molar-refractivity contribution in [2.45, 2.75) is 40.0 Å². The summed E-state index contributed by atoms with van der Waals surface area (Å²) in [6, 6.07) is 0. The average Bonchev–Trinajstić information content (AvgIpc) is 3.20. The molecule has 3 saturated heterocycles. The summed E-state index contributed by atoms with van der Waals surface area (Å²) in [5.41, 5.74) is 0. The number of carbonyl (C=O) groups excluding carboxylic acids is 6. The Hall–Kier alpha value is -2.62. The van der Waals surface area contributed by atoms with Crippen LogP contribution in [0.2, 0.25) is 0 Å². The van der Waals surface area contributed by atoms with E-state index >= 15 is 0 Å². The van der Waals surface area contributed by atoms with E-state index in [1.54, 1.807) is 20.8 Å². The number of hydrogen-bond donors (Lipinski definition) is 0. The molecule has 3 heterocycles. The van der Waals surface area contributed by atoms with E-state index < -0.39 is 0 Å².